The van der Waals surface area contributed by atoms with Gasteiger partial charge in [-0.3, -0.25) is 0 Å². The topological polar surface area (TPSA) is 41.9 Å². The predicted molar refractivity (Wildman–Crippen MR) is 155 cm³/mol. The summed E-state index contributed by atoms with van der Waals surface area (Å²) < 4.78 is 12.2. The van der Waals surface area contributed by atoms with Crippen LogP contribution in [0.4, 0.5) is 0 Å². The Bertz CT molecular complexity index is 1110. The van der Waals surface area contributed by atoms with Crippen molar-refractivity contribution >= 4 is 0 Å². The fourth-order valence-corrected chi connectivity index (χ4v) is 6.09. The number of aromatic hydroxyl groups is 1. The summed E-state index contributed by atoms with van der Waals surface area (Å²) in [7, 11) is 0. The third-order valence-corrected chi connectivity index (χ3v) is 8.20. The number of rotatable bonds is 13. The van der Waals surface area contributed by atoms with Crippen LogP contribution in [0.3, 0.4) is 0 Å². The van der Waals surface area contributed by atoms with Gasteiger partial charge in [-0.15, -0.1) is 0 Å². The lowest BCUT2D eigenvalue weighted by molar-refractivity contribution is 0.248. The highest BCUT2D eigenvalue weighted by Crippen LogP contribution is 2.47. The maximum absolute atomic E-state index is 10.2. The minimum absolute atomic E-state index is 0.109. The van der Waals surface area contributed by atoms with Crippen LogP contribution in [0.15, 0.2) is 72.8 Å². The summed E-state index contributed by atoms with van der Waals surface area (Å²) in [5.74, 6) is 2.34. The fourth-order valence-electron chi connectivity index (χ4n) is 6.09. The van der Waals surface area contributed by atoms with E-state index in [-0.39, 0.29) is 17.6 Å². The number of hydrogen-bond donors (Lipinski definition) is 1. The van der Waals surface area contributed by atoms with Gasteiger partial charge in [0, 0.05) is 17.4 Å². The second-order valence-corrected chi connectivity index (χ2v) is 11.0. The third kappa shape index (κ3) is 7.11. The van der Waals surface area contributed by atoms with E-state index >= 15 is 0 Å². The van der Waals surface area contributed by atoms with Crippen LogP contribution in [0, 0.1) is 0 Å². The molecule has 2 atom stereocenters. The molecule has 2 aliphatic rings. The molecule has 0 bridgehead atoms. The molecule has 0 aromatic heterocycles. The molecule has 0 aliphatic carbocycles. The molecule has 0 unspecified atom stereocenters. The van der Waals surface area contributed by atoms with Gasteiger partial charge in [0.2, 0.25) is 0 Å². The molecule has 2 heterocycles. The van der Waals surface area contributed by atoms with Crippen molar-refractivity contribution in [3.8, 4) is 17.2 Å². The van der Waals surface area contributed by atoms with E-state index in [1.165, 1.54) is 82.1 Å². The average Bonchev–Trinajstić information content (AvgIpc) is 3.48. The Morgan fingerprint density at radius 3 is 2.24 bits per heavy atom. The minimum atomic E-state index is 0.109. The lowest BCUT2D eigenvalue weighted by atomic mass is 9.76. The first-order valence-electron chi connectivity index (χ1n) is 14.7. The molecule has 5 rings (SSSR count). The molecule has 4 heteroatoms. The van der Waals surface area contributed by atoms with Gasteiger partial charge < -0.3 is 19.5 Å². The maximum Gasteiger partial charge on any atom is 0.123 e. The van der Waals surface area contributed by atoms with E-state index in [2.05, 4.69) is 53.4 Å². The van der Waals surface area contributed by atoms with Crippen molar-refractivity contribution in [2.24, 2.45) is 0 Å². The van der Waals surface area contributed by atoms with Gasteiger partial charge in [0.25, 0.3) is 0 Å². The van der Waals surface area contributed by atoms with Crippen LogP contribution in [0.2, 0.25) is 0 Å². The van der Waals surface area contributed by atoms with E-state index in [9.17, 15) is 5.11 Å². The molecule has 2 aliphatic heterocycles. The van der Waals surface area contributed by atoms with Gasteiger partial charge in [0.15, 0.2) is 0 Å². The third-order valence-electron chi connectivity index (χ3n) is 8.20. The number of unbranched alkanes of at least 4 members (excludes halogenated alkanes) is 6. The van der Waals surface area contributed by atoms with Crippen molar-refractivity contribution in [3.05, 3.63) is 89.5 Å². The maximum atomic E-state index is 10.2. The highest BCUT2D eigenvalue weighted by Gasteiger charge is 2.33. The Labute approximate surface area is 228 Å². The lowest BCUT2D eigenvalue weighted by Gasteiger charge is -2.34. The molecule has 0 radical (unpaired) electrons. The van der Waals surface area contributed by atoms with Gasteiger partial charge in [-0.25, -0.2) is 0 Å². The quantitative estimate of drug-likeness (QED) is 0.236. The molecule has 1 fully saturated rings. The van der Waals surface area contributed by atoms with Crippen LogP contribution in [-0.4, -0.2) is 42.9 Å². The molecule has 3 aromatic rings. The monoisotopic (exact) mass is 513 g/mol. The largest absolute Gasteiger partial charge is 0.508 e. The van der Waals surface area contributed by atoms with Crippen LogP contribution in [0.25, 0.3) is 0 Å². The number of phenols is 1. The van der Waals surface area contributed by atoms with Gasteiger partial charge in [-0.1, -0.05) is 74.6 Å². The van der Waals surface area contributed by atoms with Gasteiger partial charge in [-0.05, 0) is 86.8 Å². The summed E-state index contributed by atoms with van der Waals surface area (Å²) in [5.41, 5.74) is 3.50. The standard InChI is InChI=1S/C34H43NO3/c36-29-17-20-33-31(25-29)34(32(26-38-33)27-13-7-6-8-14-27)28-15-18-30(19-16-28)37-24-12-5-3-1-2-4-9-21-35-22-10-11-23-35/h6-8,13-20,25,32,34,36H,1-5,9-12,21-24,26H2/t32-,34-/m1/s1. The number of phenolic OH excluding ortho intramolecular Hbond substituents is 1. The van der Waals surface area contributed by atoms with Crippen molar-refractivity contribution < 1.29 is 14.6 Å². The highest BCUT2D eigenvalue weighted by molar-refractivity contribution is 5.51. The first kappa shape index (κ1) is 26.6. The zero-order chi connectivity index (χ0) is 26.0. The van der Waals surface area contributed by atoms with Crippen molar-refractivity contribution in [1.82, 2.24) is 4.90 Å². The highest BCUT2D eigenvalue weighted by atomic mass is 16.5. The van der Waals surface area contributed by atoms with E-state index in [1.807, 2.05) is 18.2 Å². The van der Waals surface area contributed by atoms with E-state index in [0.717, 1.165) is 30.1 Å². The van der Waals surface area contributed by atoms with Crippen LogP contribution in [-0.2, 0) is 0 Å². The molecule has 0 amide bonds. The van der Waals surface area contributed by atoms with Crippen LogP contribution in [0.5, 0.6) is 17.2 Å². The Hall–Kier alpha value is -2.98. The predicted octanol–water partition coefficient (Wildman–Crippen LogP) is 7.91. The normalized spacial score (nSPS) is 19.2. The molecule has 1 saturated heterocycles. The molecule has 4 nitrogen and oxygen atoms in total. The molecule has 0 saturated carbocycles. The van der Waals surface area contributed by atoms with Gasteiger partial charge >= 0.3 is 0 Å². The summed E-state index contributed by atoms with van der Waals surface area (Å²) in [5, 5.41) is 10.2. The first-order valence-corrected chi connectivity index (χ1v) is 14.7. The van der Waals surface area contributed by atoms with Crippen molar-refractivity contribution in [2.45, 2.75) is 69.6 Å². The van der Waals surface area contributed by atoms with Crippen LogP contribution < -0.4 is 9.47 Å². The van der Waals surface area contributed by atoms with Crippen molar-refractivity contribution in [2.75, 3.05) is 32.8 Å². The summed E-state index contributed by atoms with van der Waals surface area (Å²) in [6.45, 7) is 5.34. The zero-order valence-electron chi connectivity index (χ0n) is 22.7. The molecule has 202 valence electrons. The second kappa shape index (κ2) is 13.7. The Balaban J connectivity index is 1.09. The molecule has 38 heavy (non-hydrogen) atoms. The number of benzene rings is 3. The lowest BCUT2D eigenvalue weighted by Crippen LogP contribution is -2.25. The minimum Gasteiger partial charge on any atom is -0.508 e. The number of hydrogen-bond acceptors (Lipinski definition) is 4. The molecule has 0 spiro atoms. The zero-order valence-corrected chi connectivity index (χ0v) is 22.7. The number of ether oxygens (including phenoxy) is 2. The van der Waals surface area contributed by atoms with E-state index in [1.54, 1.807) is 6.07 Å². The Morgan fingerprint density at radius 1 is 0.763 bits per heavy atom. The van der Waals surface area contributed by atoms with Gasteiger partial charge in [-0.2, -0.15) is 0 Å². The van der Waals surface area contributed by atoms with E-state index in [0.29, 0.717) is 6.61 Å². The van der Waals surface area contributed by atoms with E-state index < -0.39 is 0 Å². The number of nitrogens with zero attached hydrogens (tertiary/aromatic N) is 1. The van der Waals surface area contributed by atoms with Crippen LogP contribution >= 0.6 is 0 Å². The van der Waals surface area contributed by atoms with Gasteiger partial charge in [0.1, 0.15) is 17.2 Å². The molecule has 3 aromatic carbocycles. The summed E-state index contributed by atoms with van der Waals surface area (Å²) in [4.78, 5) is 2.62. The SMILES string of the molecule is Oc1ccc2c(c1)[C@@H](c1ccc(OCCCCCCCCCN3CCCC3)cc1)[C@@H](c1ccccc1)CO2. The molecule has 1 N–H and O–H groups in total. The molecular formula is C34H43NO3. The summed E-state index contributed by atoms with van der Waals surface area (Å²) in [6, 6.07) is 24.5. The molecular weight excluding hydrogens is 470 g/mol. The fraction of sp³-hybridized carbons (Fsp3) is 0.471. The Morgan fingerprint density at radius 2 is 1.47 bits per heavy atom. The number of fused-ring (bicyclic) bond motifs is 1. The summed E-state index contributed by atoms with van der Waals surface area (Å²) >= 11 is 0. The van der Waals surface area contributed by atoms with Gasteiger partial charge in [0.05, 0.1) is 13.2 Å². The summed E-state index contributed by atoms with van der Waals surface area (Å²) in [6.07, 6.45) is 11.9. The second-order valence-electron chi connectivity index (χ2n) is 11.0. The Kier molecular flexibility index (Phi) is 9.60. The van der Waals surface area contributed by atoms with Crippen LogP contribution in [0.1, 0.15) is 86.3 Å². The van der Waals surface area contributed by atoms with Crippen molar-refractivity contribution in [3.63, 3.8) is 0 Å². The number of likely N-dealkylation sites (tertiary alicyclic amines) is 1. The average molecular weight is 514 g/mol. The first-order chi connectivity index (χ1) is 18.8. The van der Waals surface area contributed by atoms with E-state index in [4.69, 9.17) is 9.47 Å². The smallest absolute Gasteiger partial charge is 0.123 e. The van der Waals surface area contributed by atoms with Crippen molar-refractivity contribution in [1.29, 1.82) is 0 Å².